The summed E-state index contributed by atoms with van der Waals surface area (Å²) in [6.45, 7) is 7.63. The number of nitrogens with zero attached hydrogens (tertiary/aromatic N) is 2. The van der Waals surface area contributed by atoms with Crippen LogP contribution in [0.1, 0.15) is 35.1 Å². The molecule has 0 N–H and O–H groups in total. The molecule has 0 aromatic heterocycles. The summed E-state index contributed by atoms with van der Waals surface area (Å²) in [5.74, 6) is 1.22. The number of ether oxygens (including phenoxy) is 1. The van der Waals surface area contributed by atoms with E-state index in [1.165, 1.54) is 28.8 Å². The maximum atomic E-state index is 13.4. The molecular formula is C29H33FN2O2. The third-order valence-corrected chi connectivity index (χ3v) is 6.74. The van der Waals surface area contributed by atoms with E-state index < -0.39 is 0 Å². The second-order valence-corrected chi connectivity index (χ2v) is 9.35. The molecule has 4 nitrogen and oxygen atoms in total. The van der Waals surface area contributed by atoms with Gasteiger partial charge in [0.2, 0.25) is 5.91 Å². The number of rotatable bonds is 8. The lowest BCUT2D eigenvalue weighted by atomic mass is 9.88. The highest BCUT2D eigenvalue weighted by molar-refractivity contribution is 5.73. The molecule has 178 valence electrons. The van der Waals surface area contributed by atoms with Crippen molar-refractivity contribution in [3.8, 4) is 5.75 Å². The Kier molecular flexibility index (Phi) is 7.63. The van der Waals surface area contributed by atoms with Gasteiger partial charge in [-0.15, -0.1) is 0 Å². The van der Waals surface area contributed by atoms with E-state index >= 15 is 0 Å². The zero-order valence-electron chi connectivity index (χ0n) is 20.2. The second kappa shape index (κ2) is 10.8. The Morgan fingerprint density at radius 3 is 2.41 bits per heavy atom. The maximum Gasteiger partial charge on any atom is 0.219 e. The van der Waals surface area contributed by atoms with Crippen molar-refractivity contribution >= 4 is 5.91 Å². The monoisotopic (exact) mass is 460 g/mol. The Balaban J connectivity index is 1.54. The van der Waals surface area contributed by atoms with Crippen LogP contribution in [0.25, 0.3) is 0 Å². The number of hydrogen-bond acceptors (Lipinski definition) is 3. The number of aryl methyl sites for hydroxylation is 1. The van der Waals surface area contributed by atoms with Crippen LogP contribution in [0, 0.1) is 18.7 Å². The first-order valence-electron chi connectivity index (χ1n) is 11.8. The summed E-state index contributed by atoms with van der Waals surface area (Å²) >= 11 is 0. The van der Waals surface area contributed by atoms with Gasteiger partial charge in [-0.25, -0.2) is 4.39 Å². The molecule has 1 amide bonds. The Labute approximate surface area is 202 Å². The van der Waals surface area contributed by atoms with E-state index in [-0.39, 0.29) is 11.7 Å². The van der Waals surface area contributed by atoms with Gasteiger partial charge < -0.3 is 9.64 Å². The fourth-order valence-corrected chi connectivity index (χ4v) is 4.97. The van der Waals surface area contributed by atoms with Gasteiger partial charge in [0.15, 0.2) is 0 Å². The van der Waals surface area contributed by atoms with Gasteiger partial charge in [-0.3, -0.25) is 9.69 Å². The van der Waals surface area contributed by atoms with Crippen molar-refractivity contribution in [2.45, 2.75) is 32.9 Å². The lowest BCUT2D eigenvalue weighted by Crippen LogP contribution is -2.35. The van der Waals surface area contributed by atoms with Crippen molar-refractivity contribution in [2.75, 3.05) is 26.7 Å². The Hall–Kier alpha value is -3.18. The molecular weight excluding hydrogens is 427 g/mol. The second-order valence-electron chi connectivity index (χ2n) is 9.35. The van der Waals surface area contributed by atoms with Gasteiger partial charge in [0.05, 0.1) is 7.11 Å². The van der Waals surface area contributed by atoms with Crippen LogP contribution >= 0.6 is 0 Å². The molecule has 1 aliphatic heterocycles. The van der Waals surface area contributed by atoms with Crippen LogP contribution < -0.4 is 4.74 Å². The molecule has 3 aromatic carbocycles. The van der Waals surface area contributed by atoms with Gasteiger partial charge in [-0.05, 0) is 53.8 Å². The molecule has 0 bridgehead atoms. The highest BCUT2D eigenvalue weighted by Crippen LogP contribution is 2.35. The third-order valence-electron chi connectivity index (χ3n) is 6.74. The number of benzene rings is 3. The Bertz CT molecular complexity index is 1100. The molecule has 0 saturated carbocycles. The van der Waals surface area contributed by atoms with Crippen molar-refractivity contribution in [3.05, 3.63) is 101 Å². The zero-order valence-corrected chi connectivity index (χ0v) is 20.2. The quantitative estimate of drug-likeness (QED) is 0.451. The standard InChI is InChI=1S/C29H33FN2O2/c1-21-5-4-6-24(15-21)16-31-18-26(29(20-31)25-9-13-28(34-3)14-10-25)19-32(22(2)33)17-23-7-11-27(30)12-8-23/h4-15,26,29H,16-20H2,1-3H3. The van der Waals surface area contributed by atoms with Crippen LogP contribution in [0.4, 0.5) is 4.39 Å². The van der Waals surface area contributed by atoms with E-state index in [0.717, 1.165) is 30.9 Å². The number of amides is 1. The molecule has 1 fully saturated rings. The minimum absolute atomic E-state index is 0.0370. The van der Waals surface area contributed by atoms with Crippen molar-refractivity contribution in [3.63, 3.8) is 0 Å². The summed E-state index contributed by atoms with van der Waals surface area (Å²) in [6, 6.07) is 23.4. The van der Waals surface area contributed by atoms with Crippen LogP contribution in [0.15, 0.2) is 72.8 Å². The first-order valence-corrected chi connectivity index (χ1v) is 11.8. The zero-order chi connectivity index (χ0) is 24.1. The van der Waals surface area contributed by atoms with Crippen molar-refractivity contribution < 1.29 is 13.9 Å². The van der Waals surface area contributed by atoms with Crippen molar-refractivity contribution in [1.29, 1.82) is 0 Å². The van der Waals surface area contributed by atoms with Gasteiger partial charge >= 0.3 is 0 Å². The number of methoxy groups -OCH3 is 1. The van der Waals surface area contributed by atoms with Crippen LogP contribution in [-0.4, -0.2) is 42.5 Å². The maximum absolute atomic E-state index is 13.4. The first-order chi connectivity index (χ1) is 16.4. The molecule has 5 heteroatoms. The summed E-state index contributed by atoms with van der Waals surface area (Å²) in [7, 11) is 1.68. The molecule has 2 unspecified atom stereocenters. The van der Waals surface area contributed by atoms with Gasteiger partial charge in [-0.2, -0.15) is 0 Å². The van der Waals surface area contributed by atoms with Crippen molar-refractivity contribution in [1.82, 2.24) is 9.80 Å². The van der Waals surface area contributed by atoms with Crippen LogP contribution in [0.3, 0.4) is 0 Å². The Morgan fingerprint density at radius 1 is 1.03 bits per heavy atom. The van der Waals surface area contributed by atoms with E-state index in [1.807, 2.05) is 17.0 Å². The van der Waals surface area contributed by atoms with Crippen LogP contribution in [0.5, 0.6) is 5.75 Å². The normalized spacial score (nSPS) is 18.1. The summed E-state index contributed by atoms with van der Waals surface area (Å²) in [5, 5.41) is 0. The van der Waals surface area contributed by atoms with Gasteiger partial charge in [-0.1, -0.05) is 54.1 Å². The van der Waals surface area contributed by atoms with Crippen LogP contribution in [0.2, 0.25) is 0 Å². The number of halogens is 1. The minimum atomic E-state index is -0.264. The van der Waals surface area contributed by atoms with E-state index in [0.29, 0.717) is 24.9 Å². The number of carbonyl (C=O) groups excluding carboxylic acids is 1. The lowest BCUT2D eigenvalue weighted by molar-refractivity contribution is -0.130. The average Bonchev–Trinajstić information content (AvgIpc) is 3.22. The average molecular weight is 461 g/mol. The molecule has 0 radical (unpaired) electrons. The summed E-state index contributed by atoms with van der Waals surface area (Å²) in [6.07, 6.45) is 0. The molecule has 2 atom stereocenters. The highest BCUT2D eigenvalue weighted by Gasteiger charge is 2.35. The molecule has 1 saturated heterocycles. The molecule has 3 aromatic rings. The fraction of sp³-hybridized carbons (Fsp3) is 0.345. The predicted octanol–water partition coefficient (Wildman–Crippen LogP) is 5.41. The van der Waals surface area contributed by atoms with Gasteiger partial charge in [0.1, 0.15) is 11.6 Å². The van der Waals surface area contributed by atoms with E-state index in [9.17, 15) is 9.18 Å². The largest absolute Gasteiger partial charge is 0.497 e. The van der Waals surface area contributed by atoms with Crippen LogP contribution in [-0.2, 0) is 17.9 Å². The Morgan fingerprint density at radius 2 is 1.76 bits per heavy atom. The summed E-state index contributed by atoms with van der Waals surface area (Å²) in [4.78, 5) is 16.9. The molecule has 0 spiro atoms. The number of hydrogen-bond donors (Lipinski definition) is 0. The topological polar surface area (TPSA) is 32.8 Å². The smallest absolute Gasteiger partial charge is 0.219 e. The summed E-state index contributed by atoms with van der Waals surface area (Å²) in [5.41, 5.74) is 4.78. The molecule has 4 rings (SSSR count). The first kappa shape index (κ1) is 24.0. The SMILES string of the molecule is COc1ccc(C2CN(Cc3cccc(C)c3)CC2CN(Cc2ccc(F)cc2)C(C)=O)cc1. The van der Waals surface area contributed by atoms with Crippen molar-refractivity contribution in [2.24, 2.45) is 5.92 Å². The van der Waals surface area contributed by atoms with Gasteiger partial charge in [0.25, 0.3) is 0 Å². The molecule has 1 aliphatic rings. The van der Waals surface area contributed by atoms with Gasteiger partial charge in [0, 0.05) is 45.6 Å². The fourth-order valence-electron chi connectivity index (χ4n) is 4.97. The lowest BCUT2D eigenvalue weighted by Gasteiger charge is -2.28. The molecule has 1 heterocycles. The number of likely N-dealkylation sites (tertiary alicyclic amines) is 1. The highest BCUT2D eigenvalue weighted by atomic mass is 19.1. The van der Waals surface area contributed by atoms with E-state index in [2.05, 4.69) is 48.2 Å². The third kappa shape index (κ3) is 6.03. The molecule has 34 heavy (non-hydrogen) atoms. The summed E-state index contributed by atoms with van der Waals surface area (Å²) < 4.78 is 18.7. The minimum Gasteiger partial charge on any atom is -0.497 e. The van der Waals surface area contributed by atoms with E-state index in [1.54, 1.807) is 26.2 Å². The molecule has 0 aliphatic carbocycles. The predicted molar refractivity (Wildman–Crippen MR) is 133 cm³/mol. The number of carbonyl (C=O) groups is 1. The van der Waals surface area contributed by atoms with E-state index in [4.69, 9.17) is 4.74 Å².